The predicted molar refractivity (Wildman–Crippen MR) is 62.6 cm³/mol. The van der Waals surface area contributed by atoms with Crippen molar-refractivity contribution in [2.75, 3.05) is 12.8 Å². The van der Waals surface area contributed by atoms with E-state index in [1.165, 1.54) is 18.4 Å². The van der Waals surface area contributed by atoms with Gasteiger partial charge in [-0.3, -0.25) is 0 Å². The van der Waals surface area contributed by atoms with E-state index in [1.807, 2.05) is 12.1 Å². The number of anilines is 1. The Hall–Kier alpha value is -1.26. The Labute approximate surface area is 95.4 Å². The molecule has 2 N–H and O–H groups in total. The minimum Gasteiger partial charge on any atom is -0.465 e. The van der Waals surface area contributed by atoms with E-state index >= 15 is 0 Å². The number of hydrogen-bond acceptors (Lipinski definition) is 4. The normalized spacial score (nSPS) is 10.5. The molecule has 78 valence electrons. The van der Waals surface area contributed by atoms with E-state index in [9.17, 15) is 4.79 Å². The molecular formula is C10H8ClNO2S. The molecule has 0 amide bonds. The third-order valence-corrected chi connectivity index (χ3v) is 3.69. The van der Waals surface area contributed by atoms with Crippen molar-refractivity contribution in [1.82, 2.24) is 0 Å². The molecule has 2 rings (SSSR count). The first kappa shape index (κ1) is 10.3. The van der Waals surface area contributed by atoms with Crippen LogP contribution in [0.2, 0.25) is 5.02 Å². The average Bonchev–Trinajstić information content (AvgIpc) is 2.56. The van der Waals surface area contributed by atoms with Crippen LogP contribution in [0.3, 0.4) is 0 Å². The second-order valence-corrected chi connectivity index (χ2v) is 4.39. The first-order valence-electron chi connectivity index (χ1n) is 4.20. The summed E-state index contributed by atoms with van der Waals surface area (Å²) in [6.07, 6.45) is 0. The van der Waals surface area contributed by atoms with Gasteiger partial charge in [0, 0.05) is 15.8 Å². The van der Waals surface area contributed by atoms with E-state index in [1.54, 1.807) is 6.07 Å². The lowest BCUT2D eigenvalue weighted by Gasteiger charge is -1.96. The SMILES string of the molecule is COC(=O)c1sc2cccc(N)c2c1Cl. The zero-order valence-electron chi connectivity index (χ0n) is 7.91. The van der Waals surface area contributed by atoms with Gasteiger partial charge in [-0.2, -0.15) is 0 Å². The number of ether oxygens (including phenoxy) is 1. The Kier molecular flexibility index (Phi) is 2.54. The van der Waals surface area contributed by atoms with Gasteiger partial charge in [0.1, 0.15) is 4.88 Å². The average molecular weight is 242 g/mol. The summed E-state index contributed by atoms with van der Waals surface area (Å²) in [6.45, 7) is 0. The molecule has 0 aliphatic rings. The van der Waals surface area contributed by atoms with Crippen molar-refractivity contribution in [1.29, 1.82) is 0 Å². The number of carbonyl (C=O) groups excluding carboxylic acids is 1. The number of halogens is 1. The first-order valence-corrected chi connectivity index (χ1v) is 5.39. The number of esters is 1. The fourth-order valence-electron chi connectivity index (χ4n) is 1.36. The lowest BCUT2D eigenvalue weighted by molar-refractivity contribution is 0.0606. The number of thiophene rings is 1. The molecule has 0 radical (unpaired) electrons. The monoisotopic (exact) mass is 241 g/mol. The third kappa shape index (κ3) is 1.56. The van der Waals surface area contributed by atoms with Crippen molar-refractivity contribution in [3.63, 3.8) is 0 Å². The van der Waals surface area contributed by atoms with Crippen molar-refractivity contribution in [2.24, 2.45) is 0 Å². The number of rotatable bonds is 1. The zero-order valence-corrected chi connectivity index (χ0v) is 9.48. The fraction of sp³-hybridized carbons (Fsp3) is 0.100. The lowest BCUT2D eigenvalue weighted by Crippen LogP contribution is -1.98. The van der Waals surface area contributed by atoms with Crippen LogP contribution in [0.5, 0.6) is 0 Å². The summed E-state index contributed by atoms with van der Waals surface area (Å²) in [6, 6.07) is 5.45. The van der Waals surface area contributed by atoms with E-state index in [4.69, 9.17) is 17.3 Å². The number of methoxy groups -OCH3 is 1. The van der Waals surface area contributed by atoms with Crippen LogP contribution in [-0.4, -0.2) is 13.1 Å². The number of fused-ring (bicyclic) bond motifs is 1. The molecule has 0 aliphatic carbocycles. The summed E-state index contributed by atoms with van der Waals surface area (Å²) in [5.41, 5.74) is 6.36. The number of nitrogens with two attached hydrogens (primary N) is 1. The molecule has 2 aromatic rings. The Morgan fingerprint density at radius 1 is 1.53 bits per heavy atom. The topological polar surface area (TPSA) is 52.3 Å². The van der Waals surface area contributed by atoms with Crippen LogP contribution < -0.4 is 5.73 Å². The number of hydrogen-bond donors (Lipinski definition) is 1. The van der Waals surface area contributed by atoms with E-state index < -0.39 is 5.97 Å². The summed E-state index contributed by atoms with van der Waals surface area (Å²) >= 11 is 7.35. The van der Waals surface area contributed by atoms with Gasteiger partial charge in [-0.15, -0.1) is 11.3 Å². The van der Waals surface area contributed by atoms with Crippen LogP contribution in [0.15, 0.2) is 18.2 Å². The van der Waals surface area contributed by atoms with Gasteiger partial charge >= 0.3 is 5.97 Å². The van der Waals surface area contributed by atoms with E-state index in [0.717, 1.165) is 10.1 Å². The van der Waals surface area contributed by atoms with Crippen molar-refractivity contribution in [3.8, 4) is 0 Å². The predicted octanol–water partition coefficient (Wildman–Crippen LogP) is 2.92. The summed E-state index contributed by atoms with van der Waals surface area (Å²) in [5.74, 6) is -0.430. The Morgan fingerprint density at radius 3 is 2.87 bits per heavy atom. The third-order valence-electron chi connectivity index (χ3n) is 2.06. The minimum absolute atomic E-state index is 0.375. The van der Waals surface area contributed by atoms with E-state index in [0.29, 0.717) is 15.6 Å². The minimum atomic E-state index is -0.430. The Morgan fingerprint density at radius 2 is 2.27 bits per heavy atom. The number of nitrogen functional groups attached to an aromatic ring is 1. The molecular weight excluding hydrogens is 234 g/mol. The fourth-order valence-corrected chi connectivity index (χ4v) is 2.87. The van der Waals surface area contributed by atoms with Crippen molar-refractivity contribution >= 4 is 44.7 Å². The molecule has 0 atom stereocenters. The molecule has 15 heavy (non-hydrogen) atoms. The molecule has 0 aliphatic heterocycles. The van der Waals surface area contributed by atoms with Gasteiger partial charge in [-0.25, -0.2) is 4.79 Å². The molecule has 0 unspecified atom stereocenters. The van der Waals surface area contributed by atoms with E-state index in [2.05, 4.69) is 4.74 Å². The smallest absolute Gasteiger partial charge is 0.349 e. The quantitative estimate of drug-likeness (QED) is 0.617. The zero-order chi connectivity index (χ0) is 11.0. The van der Waals surface area contributed by atoms with Gasteiger partial charge < -0.3 is 10.5 Å². The molecule has 0 saturated carbocycles. The van der Waals surface area contributed by atoms with E-state index in [-0.39, 0.29) is 0 Å². The maximum atomic E-state index is 11.4. The standard InChI is InChI=1S/C10H8ClNO2S/c1-14-10(13)9-8(11)7-5(12)3-2-4-6(7)15-9/h2-4H,12H2,1H3. The highest BCUT2D eigenvalue weighted by Gasteiger charge is 2.18. The van der Waals surface area contributed by atoms with Gasteiger partial charge in [0.25, 0.3) is 0 Å². The highest BCUT2D eigenvalue weighted by molar-refractivity contribution is 7.21. The maximum Gasteiger partial charge on any atom is 0.349 e. The molecule has 3 nitrogen and oxygen atoms in total. The molecule has 0 saturated heterocycles. The van der Waals surface area contributed by atoms with Crippen molar-refractivity contribution in [3.05, 3.63) is 28.1 Å². The largest absolute Gasteiger partial charge is 0.465 e. The summed E-state index contributed by atoms with van der Waals surface area (Å²) < 4.78 is 5.52. The second kappa shape index (κ2) is 3.72. The van der Waals surface area contributed by atoms with Gasteiger partial charge in [0.05, 0.1) is 12.1 Å². The Balaban J connectivity index is 2.75. The summed E-state index contributed by atoms with van der Waals surface area (Å²) in [5, 5.41) is 1.10. The number of benzene rings is 1. The maximum absolute atomic E-state index is 11.4. The van der Waals surface area contributed by atoms with Crippen LogP contribution in [0, 0.1) is 0 Å². The van der Waals surface area contributed by atoms with Crippen molar-refractivity contribution < 1.29 is 9.53 Å². The summed E-state index contributed by atoms with van der Waals surface area (Å²) in [7, 11) is 1.33. The van der Waals surface area contributed by atoms with Crippen molar-refractivity contribution in [2.45, 2.75) is 0 Å². The summed E-state index contributed by atoms with van der Waals surface area (Å²) in [4.78, 5) is 11.8. The molecule has 1 aromatic heterocycles. The van der Waals surface area contributed by atoms with Crippen LogP contribution in [-0.2, 0) is 4.74 Å². The van der Waals surface area contributed by atoms with Gasteiger partial charge in [-0.05, 0) is 12.1 Å². The molecule has 1 heterocycles. The van der Waals surface area contributed by atoms with Crippen LogP contribution in [0.25, 0.3) is 10.1 Å². The molecule has 0 bridgehead atoms. The number of carbonyl (C=O) groups is 1. The van der Waals surface area contributed by atoms with Gasteiger partial charge in [0.15, 0.2) is 0 Å². The van der Waals surface area contributed by atoms with Crippen LogP contribution >= 0.6 is 22.9 Å². The molecule has 5 heteroatoms. The second-order valence-electron chi connectivity index (χ2n) is 2.96. The molecule has 0 spiro atoms. The molecule has 1 aromatic carbocycles. The van der Waals surface area contributed by atoms with Crippen LogP contribution in [0.1, 0.15) is 9.67 Å². The first-order chi connectivity index (χ1) is 7.15. The highest BCUT2D eigenvalue weighted by Crippen LogP contribution is 2.38. The highest BCUT2D eigenvalue weighted by atomic mass is 35.5. The lowest BCUT2D eigenvalue weighted by atomic mass is 10.2. The van der Waals surface area contributed by atoms with Gasteiger partial charge in [0.2, 0.25) is 0 Å². The van der Waals surface area contributed by atoms with Gasteiger partial charge in [-0.1, -0.05) is 17.7 Å². The Bertz CT molecular complexity index is 535. The molecule has 0 fully saturated rings. The van der Waals surface area contributed by atoms with Crippen LogP contribution in [0.4, 0.5) is 5.69 Å².